The Balaban J connectivity index is 1.43. The minimum atomic E-state index is 0.000364. The summed E-state index contributed by atoms with van der Waals surface area (Å²) in [6, 6.07) is 19.0. The molecule has 0 spiro atoms. The molecule has 40 heavy (non-hydrogen) atoms. The van der Waals surface area contributed by atoms with E-state index in [4.69, 9.17) is 10.5 Å². The third kappa shape index (κ3) is 5.63. The van der Waals surface area contributed by atoms with E-state index in [1.54, 1.807) is 40.1 Å². The molecule has 5 rings (SSSR count). The summed E-state index contributed by atoms with van der Waals surface area (Å²) in [6.45, 7) is 6.34. The van der Waals surface area contributed by atoms with Gasteiger partial charge in [0.2, 0.25) is 0 Å². The molecule has 0 amide bonds. The quantitative estimate of drug-likeness (QED) is 0.203. The van der Waals surface area contributed by atoms with Crippen LogP contribution in [0.3, 0.4) is 0 Å². The molecule has 0 aromatic carbocycles. The van der Waals surface area contributed by atoms with Crippen molar-refractivity contribution in [3.63, 3.8) is 0 Å². The number of thioether (sulfide) groups is 1. The van der Waals surface area contributed by atoms with E-state index in [9.17, 15) is 10.5 Å². The number of hydrogen-bond acceptors (Lipinski definition) is 9. The van der Waals surface area contributed by atoms with Crippen molar-refractivity contribution in [2.45, 2.75) is 32.4 Å². The lowest BCUT2D eigenvalue weighted by atomic mass is 10.1. The van der Waals surface area contributed by atoms with Crippen LogP contribution in [0.25, 0.3) is 37.2 Å². The first-order valence-electron chi connectivity index (χ1n) is 12.2. The molecule has 1 atom stereocenters. The van der Waals surface area contributed by atoms with Crippen LogP contribution in [-0.4, -0.2) is 5.25 Å². The molecule has 0 saturated carbocycles. The van der Waals surface area contributed by atoms with Gasteiger partial charge in [0, 0.05) is 45.0 Å². The molecule has 194 valence electrons. The molecule has 0 N–H and O–H groups in total. The normalized spacial score (nSPS) is 15.3. The molecule has 1 aliphatic heterocycles. The van der Waals surface area contributed by atoms with Crippen molar-refractivity contribution in [1.29, 1.82) is 21.0 Å². The second-order valence-corrected chi connectivity index (χ2v) is 14.7. The van der Waals surface area contributed by atoms with Crippen LogP contribution in [0.1, 0.15) is 42.6 Å². The van der Waals surface area contributed by atoms with Gasteiger partial charge in [-0.05, 0) is 86.4 Å². The fraction of sp³-hybridized carbons (Fsp3) is 0.161. The zero-order valence-corrected chi connectivity index (χ0v) is 25.8. The average Bonchev–Trinajstić information content (AvgIpc) is 3.77. The van der Waals surface area contributed by atoms with E-state index in [0.717, 1.165) is 20.2 Å². The number of nitriles is 4. The Bertz CT molecular complexity index is 1890. The highest BCUT2D eigenvalue weighted by Gasteiger charge is 2.23. The number of allylic oxidation sites excluding steroid dienone is 3. The number of aryl methyl sites for hydroxylation is 3. The van der Waals surface area contributed by atoms with Crippen molar-refractivity contribution in [3.8, 4) is 43.8 Å². The van der Waals surface area contributed by atoms with Gasteiger partial charge in [0.25, 0.3) is 0 Å². The largest absolute Gasteiger partial charge is 0.193 e. The van der Waals surface area contributed by atoms with E-state index in [2.05, 4.69) is 63.2 Å². The first-order valence-corrected chi connectivity index (χ1v) is 16.3. The summed E-state index contributed by atoms with van der Waals surface area (Å²) in [7, 11) is 0. The summed E-state index contributed by atoms with van der Waals surface area (Å²) < 4.78 is 0. The van der Waals surface area contributed by atoms with Gasteiger partial charge >= 0.3 is 0 Å². The molecule has 0 bridgehead atoms. The summed E-state index contributed by atoms with van der Waals surface area (Å²) in [5.74, 6) is 0. The zero-order valence-electron chi connectivity index (χ0n) is 21.7. The molecule has 9 heteroatoms. The number of rotatable bonds is 6. The van der Waals surface area contributed by atoms with Crippen LogP contribution in [0.4, 0.5) is 0 Å². The van der Waals surface area contributed by atoms with Crippen LogP contribution < -0.4 is 0 Å². The van der Waals surface area contributed by atoms with Gasteiger partial charge in [-0.2, -0.15) is 21.0 Å². The summed E-state index contributed by atoms with van der Waals surface area (Å²) in [5, 5.41) is 37.8. The standard InChI is InChI=1S/C31H20N4S5/c1-17-8-24(11-20(13-32)26-6-4-22(15-34)36-26)38-29(17)28-10-19(3)31(40-28)30-18(2)9-25(39-30)12-21(14-33)27-7-5-23(16-35)37-27/h4-6,8-12,27H,7H2,1-3H3/b20-11+,21-12+. The molecule has 4 aromatic heterocycles. The van der Waals surface area contributed by atoms with E-state index in [1.165, 1.54) is 53.7 Å². The van der Waals surface area contributed by atoms with E-state index in [-0.39, 0.29) is 5.25 Å². The maximum atomic E-state index is 9.79. The van der Waals surface area contributed by atoms with Gasteiger partial charge in [-0.15, -0.1) is 57.1 Å². The Labute approximate surface area is 253 Å². The molecule has 4 nitrogen and oxygen atoms in total. The number of hydrogen-bond donors (Lipinski definition) is 0. The molecule has 1 aliphatic rings. The SMILES string of the molecule is Cc1cc(/C=C(\C#N)c2ccc(C#N)s2)sc1-c1cc(C)c(-c2sc(/C=C(\C#N)C3CC=C(C#N)S3)cc2C)s1. The molecule has 0 fully saturated rings. The van der Waals surface area contributed by atoms with Gasteiger partial charge in [-0.1, -0.05) is 6.08 Å². The van der Waals surface area contributed by atoms with Gasteiger partial charge in [0.1, 0.15) is 23.1 Å². The molecular formula is C31H20N4S5. The topological polar surface area (TPSA) is 95.2 Å². The Hall–Kier alpha value is -3.67. The average molecular weight is 609 g/mol. The Kier molecular flexibility index (Phi) is 8.24. The highest BCUT2D eigenvalue weighted by Crippen LogP contribution is 2.46. The Morgan fingerprint density at radius 2 is 1.45 bits per heavy atom. The lowest BCUT2D eigenvalue weighted by Crippen LogP contribution is -1.99. The summed E-state index contributed by atoms with van der Waals surface area (Å²) in [6.07, 6.45) is 6.49. The van der Waals surface area contributed by atoms with E-state index < -0.39 is 0 Å². The molecular weight excluding hydrogens is 589 g/mol. The lowest BCUT2D eigenvalue weighted by Gasteiger charge is -2.05. The number of nitrogens with zero attached hydrogens (tertiary/aromatic N) is 4. The predicted molar refractivity (Wildman–Crippen MR) is 171 cm³/mol. The predicted octanol–water partition coefficient (Wildman–Crippen LogP) is 9.95. The fourth-order valence-electron chi connectivity index (χ4n) is 4.37. The van der Waals surface area contributed by atoms with E-state index in [0.29, 0.717) is 27.3 Å². The molecule has 5 heterocycles. The third-order valence-electron chi connectivity index (χ3n) is 6.28. The van der Waals surface area contributed by atoms with Gasteiger partial charge in [-0.25, -0.2) is 0 Å². The Morgan fingerprint density at radius 3 is 2.10 bits per heavy atom. The van der Waals surface area contributed by atoms with Crippen molar-refractivity contribution in [3.05, 3.63) is 83.1 Å². The maximum absolute atomic E-state index is 9.79. The molecule has 1 unspecified atom stereocenters. The van der Waals surface area contributed by atoms with Crippen LogP contribution in [0.15, 0.2) is 46.9 Å². The van der Waals surface area contributed by atoms with Gasteiger partial charge in [-0.3, -0.25) is 0 Å². The molecule has 0 saturated heterocycles. The van der Waals surface area contributed by atoms with Gasteiger partial charge in [0.05, 0.1) is 16.5 Å². The minimum absolute atomic E-state index is 0.000364. The van der Waals surface area contributed by atoms with Crippen molar-refractivity contribution in [2.75, 3.05) is 0 Å². The smallest absolute Gasteiger partial charge is 0.110 e. The van der Waals surface area contributed by atoms with Crippen molar-refractivity contribution >= 4 is 74.8 Å². The van der Waals surface area contributed by atoms with Crippen molar-refractivity contribution in [1.82, 2.24) is 0 Å². The van der Waals surface area contributed by atoms with Crippen LogP contribution >= 0.6 is 57.1 Å². The molecule has 4 aromatic rings. The second kappa shape index (κ2) is 11.8. The van der Waals surface area contributed by atoms with Gasteiger partial charge in [0.15, 0.2) is 0 Å². The lowest BCUT2D eigenvalue weighted by molar-refractivity contribution is 1.06. The van der Waals surface area contributed by atoms with Crippen LogP contribution in [0.5, 0.6) is 0 Å². The van der Waals surface area contributed by atoms with Crippen molar-refractivity contribution in [2.24, 2.45) is 0 Å². The highest BCUT2D eigenvalue weighted by atomic mass is 32.2. The molecule has 0 aliphatic carbocycles. The highest BCUT2D eigenvalue weighted by molar-refractivity contribution is 8.04. The van der Waals surface area contributed by atoms with Crippen LogP contribution in [0, 0.1) is 66.1 Å². The number of thiophene rings is 4. The zero-order chi connectivity index (χ0) is 28.4. The fourth-order valence-corrected chi connectivity index (χ4v) is 9.97. The van der Waals surface area contributed by atoms with E-state index in [1.807, 2.05) is 24.3 Å². The van der Waals surface area contributed by atoms with Crippen molar-refractivity contribution < 1.29 is 0 Å². The van der Waals surface area contributed by atoms with Crippen LogP contribution in [0.2, 0.25) is 0 Å². The van der Waals surface area contributed by atoms with Gasteiger partial charge < -0.3 is 0 Å². The third-order valence-corrected chi connectivity index (χ3v) is 12.5. The first-order chi connectivity index (χ1) is 19.3. The monoisotopic (exact) mass is 608 g/mol. The first kappa shape index (κ1) is 27.9. The summed E-state index contributed by atoms with van der Waals surface area (Å²) >= 11 is 7.92. The maximum Gasteiger partial charge on any atom is 0.110 e. The molecule has 0 radical (unpaired) electrons. The van der Waals surface area contributed by atoms with Crippen LogP contribution in [-0.2, 0) is 0 Å². The second-order valence-electron chi connectivity index (χ2n) is 9.12. The summed E-state index contributed by atoms with van der Waals surface area (Å²) in [5.41, 5.74) is 4.80. The summed E-state index contributed by atoms with van der Waals surface area (Å²) in [4.78, 5) is 8.93. The van der Waals surface area contributed by atoms with E-state index >= 15 is 0 Å². The minimum Gasteiger partial charge on any atom is -0.193 e. The Morgan fingerprint density at radius 1 is 0.775 bits per heavy atom.